The number of rotatable bonds is 6. The minimum absolute atomic E-state index is 0.297. The molecule has 1 unspecified atom stereocenters. The Morgan fingerprint density at radius 1 is 1.47 bits per heavy atom. The van der Waals surface area contributed by atoms with Gasteiger partial charge in [0.15, 0.2) is 10.8 Å². The summed E-state index contributed by atoms with van der Waals surface area (Å²) in [4.78, 5) is 18.9. The van der Waals surface area contributed by atoms with Crippen molar-refractivity contribution in [1.29, 1.82) is 0 Å². The Labute approximate surface area is 119 Å². The van der Waals surface area contributed by atoms with Gasteiger partial charge in [-0.25, -0.2) is 9.78 Å². The minimum Gasteiger partial charge on any atom is -0.464 e. The van der Waals surface area contributed by atoms with Gasteiger partial charge in [-0.3, -0.25) is 0 Å². The number of hydrogen-bond acceptors (Lipinski definition) is 6. The molecule has 0 bridgehead atoms. The van der Waals surface area contributed by atoms with Gasteiger partial charge in [0.25, 0.3) is 0 Å². The average molecular weight is 285 g/mol. The van der Waals surface area contributed by atoms with Crippen LogP contribution in [0.15, 0.2) is 0 Å². The van der Waals surface area contributed by atoms with Crippen LogP contribution in [0.2, 0.25) is 0 Å². The van der Waals surface area contributed by atoms with Crippen molar-refractivity contribution in [2.75, 3.05) is 33.1 Å². The van der Waals surface area contributed by atoms with Gasteiger partial charge in [0.05, 0.1) is 7.11 Å². The fourth-order valence-corrected chi connectivity index (χ4v) is 2.58. The van der Waals surface area contributed by atoms with Crippen molar-refractivity contribution in [1.82, 2.24) is 9.88 Å². The predicted molar refractivity (Wildman–Crippen MR) is 79.0 cm³/mol. The maximum atomic E-state index is 11.5. The summed E-state index contributed by atoms with van der Waals surface area (Å²) in [6.45, 7) is 7.14. The van der Waals surface area contributed by atoms with E-state index in [9.17, 15) is 4.79 Å². The molecule has 1 aromatic rings. The molecular formula is C13H23N3O2S. The Balaban J connectivity index is 2.83. The molecule has 0 radical (unpaired) electrons. The zero-order valence-corrected chi connectivity index (χ0v) is 13.3. The summed E-state index contributed by atoms with van der Waals surface area (Å²) in [7, 11) is 5.46. The Morgan fingerprint density at radius 2 is 2.11 bits per heavy atom. The van der Waals surface area contributed by atoms with E-state index in [1.807, 2.05) is 21.0 Å². The van der Waals surface area contributed by atoms with Crippen molar-refractivity contribution in [3.05, 3.63) is 10.6 Å². The van der Waals surface area contributed by atoms with Crippen LogP contribution in [0.25, 0.3) is 0 Å². The SMILES string of the molecule is COC(=O)c1nc(NC(CN(C)C)C(C)C)sc1C. The molecule has 1 heterocycles. The number of nitrogens with zero attached hydrogens (tertiary/aromatic N) is 2. The van der Waals surface area contributed by atoms with Crippen molar-refractivity contribution in [3.63, 3.8) is 0 Å². The van der Waals surface area contributed by atoms with E-state index in [1.54, 1.807) is 0 Å². The number of nitrogens with one attached hydrogen (secondary N) is 1. The molecule has 1 aromatic heterocycles. The van der Waals surface area contributed by atoms with Crippen LogP contribution in [-0.2, 0) is 4.74 Å². The molecule has 0 saturated heterocycles. The summed E-state index contributed by atoms with van der Waals surface area (Å²) in [6.07, 6.45) is 0. The van der Waals surface area contributed by atoms with Gasteiger partial charge in [-0.2, -0.15) is 0 Å². The lowest BCUT2D eigenvalue weighted by atomic mass is 10.0. The summed E-state index contributed by atoms with van der Waals surface area (Å²) >= 11 is 1.49. The lowest BCUT2D eigenvalue weighted by molar-refractivity contribution is 0.0594. The molecule has 1 rings (SSSR count). The van der Waals surface area contributed by atoms with Crippen molar-refractivity contribution in [3.8, 4) is 0 Å². The third kappa shape index (κ3) is 4.47. The number of methoxy groups -OCH3 is 1. The van der Waals surface area contributed by atoms with Gasteiger partial charge in [-0.05, 0) is 26.9 Å². The zero-order valence-electron chi connectivity index (χ0n) is 12.5. The Bertz CT molecular complexity index is 430. The summed E-state index contributed by atoms with van der Waals surface area (Å²) in [6, 6.07) is 0.297. The Hall–Kier alpha value is -1.14. The lowest BCUT2D eigenvalue weighted by Crippen LogP contribution is -2.36. The largest absolute Gasteiger partial charge is 0.464 e. The smallest absolute Gasteiger partial charge is 0.357 e. The number of aryl methyl sites for hydroxylation is 1. The molecular weight excluding hydrogens is 262 g/mol. The topological polar surface area (TPSA) is 54.5 Å². The number of aromatic nitrogens is 1. The average Bonchev–Trinajstić information content (AvgIpc) is 2.67. The van der Waals surface area contributed by atoms with E-state index in [1.165, 1.54) is 18.4 Å². The molecule has 0 aliphatic carbocycles. The molecule has 0 aliphatic heterocycles. The standard InChI is InChI=1S/C13H23N3O2S/c1-8(2)10(7-16(4)5)14-13-15-11(9(3)19-13)12(17)18-6/h8,10H,7H2,1-6H3,(H,14,15). The summed E-state index contributed by atoms with van der Waals surface area (Å²) in [5, 5.41) is 4.18. The van der Waals surface area contributed by atoms with Crippen molar-refractivity contribution < 1.29 is 9.53 Å². The third-order valence-electron chi connectivity index (χ3n) is 2.85. The van der Waals surface area contributed by atoms with Crippen LogP contribution in [0, 0.1) is 12.8 Å². The van der Waals surface area contributed by atoms with E-state index in [4.69, 9.17) is 4.74 Å². The van der Waals surface area contributed by atoms with E-state index < -0.39 is 0 Å². The molecule has 108 valence electrons. The van der Waals surface area contributed by atoms with Gasteiger partial charge < -0.3 is 15.0 Å². The Morgan fingerprint density at radius 3 is 2.58 bits per heavy atom. The van der Waals surface area contributed by atoms with Crippen molar-refractivity contribution >= 4 is 22.4 Å². The maximum absolute atomic E-state index is 11.5. The summed E-state index contributed by atoms with van der Waals surface area (Å²) in [5.41, 5.74) is 0.405. The first-order valence-electron chi connectivity index (χ1n) is 6.32. The first-order valence-corrected chi connectivity index (χ1v) is 7.13. The quantitative estimate of drug-likeness (QED) is 0.812. The van der Waals surface area contributed by atoms with Crippen LogP contribution in [0.3, 0.4) is 0 Å². The van der Waals surface area contributed by atoms with Crippen LogP contribution < -0.4 is 5.32 Å². The van der Waals surface area contributed by atoms with Crippen LogP contribution in [0.5, 0.6) is 0 Å². The molecule has 0 aliphatic rings. The lowest BCUT2D eigenvalue weighted by Gasteiger charge is -2.25. The predicted octanol–water partition coefficient (Wildman–Crippen LogP) is 2.24. The molecule has 5 nitrogen and oxygen atoms in total. The zero-order chi connectivity index (χ0) is 14.6. The summed E-state index contributed by atoms with van der Waals surface area (Å²) in [5.74, 6) is 0.101. The van der Waals surface area contributed by atoms with Gasteiger partial charge in [-0.15, -0.1) is 11.3 Å². The second-order valence-electron chi connectivity index (χ2n) is 5.17. The number of ether oxygens (including phenoxy) is 1. The highest BCUT2D eigenvalue weighted by Gasteiger charge is 2.19. The maximum Gasteiger partial charge on any atom is 0.357 e. The van der Waals surface area contributed by atoms with E-state index in [0.29, 0.717) is 17.7 Å². The van der Waals surface area contributed by atoms with Gasteiger partial charge in [0.2, 0.25) is 0 Å². The number of likely N-dealkylation sites (N-methyl/N-ethyl adjacent to an activating group) is 1. The first-order chi connectivity index (χ1) is 8.85. The third-order valence-corrected chi connectivity index (χ3v) is 3.75. The van der Waals surface area contributed by atoms with E-state index in [-0.39, 0.29) is 5.97 Å². The number of esters is 1. The first kappa shape index (κ1) is 15.9. The monoisotopic (exact) mass is 285 g/mol. The molecule has 1 N–H and O–H groups in total. The van der Waals surface area contributed by atoms with E-state index >= 15 is 0 Å². The van der Waals surface area contributed by atoms with Crippen LogP contribution in [0.4, 0.5) is 5.13 Å². The highest BCUT2D eigenvalue weighted by molar-refractivity contribution is 7.15. The highest BCUT2D eigenvalue weighted by Crippen LogP contribution is 2.24. The number of anilines is 1. The van der Waals surface area contributed by atoms with Crippen LogP contribution >= 0.6 is 11.3 Å². The van der Waals surface area contributed by atoms with Crippen LogP contribution in [-0.4, -0.2) is 49.6 Å². The minimum atomic E-state index is -0.379. The number of carbonyl (C=O) groups is 1. The number of carbonyl (C=O) groups excluding carboxylic acids is 1. The fraction of sp³-hybridized carbons (Fsp3) is 0.692. The molecule has 0 amide bonds. The molecule has 19 heavy (non-hydrogen) atoms. The Kier molecular flexibility index (Phi) is 5.75. The molecule has 6 heteroatoms. The van der Waals surface area contributed by atoms with E-state index in [2.05, 4.69) is 29.0 Å². The number of hydrogen-bond donors (Lipinski definition) is 1. The molecule has 0 aromatic carbocycles. The van der Waals surface area contributed by atoms with Gasteiger partial charge in [0.1, 0.15) is 0 Å². The van der Waals surface area contributed by atoms with Gasteiger partial charge in [0, 0.05) is 17.5 Å². The molecule has 1 atom stereocenters. The molecule has 0 saturated carbocycles. The van der Waals surface area contributed by atoms with Gasteiger partial charge >= 0.3 is 5.97 Å². The van der Waals surface area contributed by atoms with Crippen molar-refractivity contribution in [2.45, 2.75) is 26.8 Å². The second-order valence-corrected chi connectivity index (χ2v) is 6.38. The van der Waals surface area contributed by atoms with E-state index in [0.717, 1.165) is 16.6 Å². The molecule has 0 spiro atoms. The van der Waals surface area contributed by atoms with Crippen molar-refractivity contribution in [2.24, 2.45) is 5.92 Å². The van der Waals surface area contributed by atoms with Crippen LogP contribution in [0.1, 0.15) is 29.2 Å². The van der Waals surface area contributed by atoms with Gasteiger partial charge in [-0.1, -0.05) is 13.8 Å². The molecule has 0 fully saturated rings. The fourth-order valence-electron chi connectivity index (χ4n) is 1.72. The summed E-state index contributed by atoms with van der Waals surface area (Å²) < 4.78 is 4.72. The number of thiazole rings is 1. The highest BCUT2D eigenvalue weighted by atomic mass is 32.1. The second kappa shape index (κ2) is 6.86. The normalized spacial score (nSPS) is 12.8.